The number of aromatic nitrogens is 1. The van der Waals surface area contributed by atoms with Crippen molar-refractivity contribution in [3.05, 3.63) is 29.6 Å². The van der Waals surface area contributed by atoms with E-state index in [9.17, 15) is 0 Å². The maximum Gasteiger partial charge on any atom is 0.140 e. The highest BCUT2D eigenvalue weighted by Gasteiger charge is 1.92. The van der Waals surface area contributed by atoms with Crippen LogP contribution in [0.5, 0.6) is 0 Å². The van der Waals surface area contributed by atoms with Gasteiger partial charge >= 0.3 is 0 Å². The lowest BCUT2D eigenvalue weighted by molar-refractivity contribution is 1.16. The van der Waals surface area contributed by atoms with E-state index >= 15 is 0 Å². The Morgan fingerprint density at radius 1 is 1.60 bits per heavy atom. The summed E-state index contributed by atoms with van der Waals surface area (Å²) >= 11 is 2.21. The van der Waals surface area contributed by atoms with Crippen molar-refractivity contribution in [3.8, 4) is 6.07 Å². The number of hydrogen-bond donors (Lipinski definition) is 0. The Kier molecular flexibility index (Phi) is 2.63. The van der Waals surface area contributed by atoms with Crippen molar-refractivity contribution < 1.29 is 0 Å². The molecule has 0 aromatic carbocycles. The minimum atomic E-state index is 0.495. The van der Waals surface area contributed by atoms with E-state index in [2.05, 4.69) is 27.6 Å². The molecule has 1 aromatic heterocycles. The fraction of sp³-hybridized carbons (Fsp3) is 0.143. The Bertz CT molecular complexity index is 265. The molecule has 1 rings (SSSR count). The lowest BCUT2D eigenvalue weighted by atomic mass is 10.3. The molecule has 0 atom stereocenters. The Balaban J connectivity index is 3.01. The third-order valence-corrected chi connectivity index (χ3v) is 1.84. The molecule has 10 heavy (non-hydrogen) atoms. The van der Waals surface area contributed by atoms with Crippen molar-refractivity contribution in [2.45, 2.75) is 4.43 Å². The Morgan fingerprint density at radius 2 is 2.40 bits per heavy atom. The minimum Gasteiger partial charge on any atom is -0.241 e. The molecule has 0 saturated heterocycles. The summed E-state index contributed by atoms with van der Waals surface area (Å²) in [6.45, 7) is 0. The van der Waals surface area contributed by atoms with Crippen LogP contribution in [-0.4, -0.2) is 4.98 Å². The first-order valence-corrected chi connectivity index (χ1v) is 4.31. The van der Waals surface area contributed by atoms with Gasteiger partial charge in [0.2, 0.25) is 0 Å². The van der Waals surface area contributed by atoms with Gasteiger partial charge in [0.1, 0.15) is 11.8 Å². The van der Waals surface area contributed by atoms with Gasteiger partial charge in [0.05, 0.1) is 5.69 Å². The van der Waals surface area contributed by atoms with Crippen molar-refractivity contribution in [2.75, 3.05) is 0 Å². The van der Waals surface area contributed by atoms with Gasteiger partial charge in [-0.15, -0.1) is 0 Å². The molecule has 0 spiro atoms. The summed E-state index contributed by atoms with van der Waals surface area (Å²) in [5, 5.41) is 8.44. The molecular weight excluding hydrogens is 239 g/mol. The van der Waals surface area contributed by atoms with Crippen LogP contribution in [0.4, 0.5) is 0 Å². The fourth-order valence-electron chi connectivity index (χ4n) is 0.616. The van der Waals surface area contributed by atoms with E-state index < -0.39 is 0 Å². The topological polar surface area (TPSA) is 36.7 Å². The van der Waals surface area contributed by atoms with Gasteiger partial charge in [-0.25, -0.2) is 4.98 Å². The van der Waals surface area contributed by atoms with Crippen LogP contribution in [-0.2, 0) is 4.43 Å². The fourth-order valence-corrected chi connectivity index (χ4v) is 1.04. The van der Waals surface area contributed by atoms with Crippen molar-refractivity contribution in [2.24, 2.45) is 0 Å². The molecule has 0 unspecified atom stereocenters. The van der Waals surface area contributed by atoms with Crippen LogP contribution in [0, 0.1) is 11.3 Å². The van der Waals surface area contributed by atoms with Crippen LogP contribution >= 0.6 is 22.6 Å². The van der Waals surface area contributed by atoms with E-state index in [1.807, 2.05) is 18.2 Å². The summed E-state index contributed by atoms with van der Waals surface area (Å²) in [6.07, 6.45) is 0. The molecule has 0 aliphatic carbocycles. The van der Waals surface area contributed by atoms with E-state index in [1.54, 1.807) is 6.07 Å². The van der Waals surface area contributed by atoms with Crippen LogP contribution in [0.3, 0.4) is 0 Å². The molecule has 0 aliphatic heterocycles. The molecule has 0 N–H and O–H groups in total. The van der Waals surface area contributed by atoms with E-state index in [4.69, 9.17) is 5.26 Å². The van der Waals surface area contributed by atoms with E-state index in [1.165, 1.54) is 0 Å². The molecule has 50 valence electrons. The zero-order valence-electron chi connectivity index (χ0n) is 5.21. The summed E-state index contributed by atoms with van der Waals surface area (Å²) in [6, 6.07) is 7.45. The second-order valence-electron chi connectivity index (χ2n) is 1.76. The molecule has 0 radical (unpaired) electrons. The Hall–Kier alpha value is -0.630. The first kappa shape index (κ1) is 7.48. The highest BCUT2D eigenvalue weighted by molar-refractivity contribution is 14.1. The minimum absolute atomic E-state index is 0.495. The van der Waals surface area contributed by atoms with Crippen molar-refractivity contribution in [1.29, 1.82) is 5.26 Å². The molecule has 3 heteroatoms. The lowest BCUT2D eigenvalue weighted by Gasteiger charge is -1.91. The number of alkyl halides is 1. The second kappa shape index (κ2) is 3.52. The van der Waals surface area contributed by atoms with Gasteiger partial charge in [-0.05, 0) is 12.1 Å². The third-order valence-electron chi connectivity index (χ3n) is 1.06. The van der Waals surface area contributed by atoms with Crippen LogP contribution in [0.15, 0.2) is 18.2 Å². The summed E-state index contributed by atoms with van der Waals surface area (Å²) in [5.74, 6) is 0. The van der Waals surface area contributed by atoms with E-state index in [0.717, 1.165) is 10.1 Å². The molecule has 0 saturated carbocycles. The smallest absolute Gasteiger partial charge is 0.140 e. The SMILES string of the molecule is N#Cc1cccc(CI)n1. The van der Waals surface area contributed by atoms with Crippen LogP contribution in [0.2, 0.25) is 0 Å². The van der Waals surface area contributed by atoms with E-state index in [0.29, 0.717) is 5.69 Å². The third kappa shape index (κ3) is 1.67. The van der Waals surface area contributed by atoms with Crippen LogP contribution in [0.25, 0.3) is 0 Å². The van der Waals surface area contributed by atoms with Gasteiger partial charge in [-0.2, -0.15) is 5.26 Å². The number of pyridine rings is 1. The highest BCUT2D eigenvalue weighted by Crippen LogP contribution is 2.02. The molecular formula is C7H5IN2. The number of nitrogens with zero attached hydrogens (tertiary/aromatic N) is 2. The van der Waals surface area contributed by atoms with Crippen molar-refractivity contribution >= 4 is 22.6 Å². The van der Waals surface area contributed by atoms with Gasteiger partial charge in [-0.3, -0.25) is 0 Å². The monoisotopic (exact) mass is 244 g/mol. The van der Waals surface area contributed by atoms with Crippen LogP contribution in [0.1, 0.15) is 11.4 Å². The molecule has 1 aromatic rings. The zero-order chi connectivity index (χ0) is 7.40. The summed E-state index contributed by atoms with van der Waals surface area (Å²) in [5.41, 5.74) is 1.45. The summed E-state index contributed by atoms with van der Waals surface area (Å²) in [7, 11) is 0. The highest BCUT2D eigenvalue weighted by atomic mass is 127. The molecule has 0 amide bonds. The first-order valence-electron chi connectivity index (χ1n) is 2.79. The predicted octanol–water partition coefficient (Wildman–Crippen LogP) is 1.89. The Labute approximate surface area is 73.0 Å². The number of nitriles is 1. The average Bonchev–Trinajstić information content (AvgIpc) is 2.05. The van der Waals surface area contributed by atoms with Crippen LogP contribution < -0.4 is 0 Å². The second-order valence-corrected chi connectivity index (χ2v) is 2.52. The maximum absolute atomic E-state index is 8.44. The molecule has 0 aliphatic rings. The number of rotatable bonds is 1. The zero-order valence-corrected chi connectivity index (χ0v) is 7.37. The largest absolute Gasteiger partial charge is 0.241 e. The van der Waals surface area contributed by atoms with Gasteiger partial charge < -0.3 is 0 Å². The molecule has 0 bridgehead atoms. The molecule has 2 nitrogen and oxygen atoms in total. The van der Waals surface area contributed by atoms with Crippen molar-refractivity contribution in [1.82, 2.24) is 4.98 Å². The van der Waals surface area contributed by atoms with Crippen molar-refractivity contribution in [3.63, 3.8) is 0 Å². The summed E-state index contributed by atoms with van der Waals surface area (Å²) in [4.78, 5) is 4.04. The van der Waals surface area contributed by atoms with Gasteiger partial charge in [-0.1, -0.05) is 28.7 Å². The van der Waals surface area contributed by atoms with E-state index in [-0.39, 0.29) is 0 Å². The van der Waals surface area contributed by atoms with Gasteiger partial charge in [0.25, 0.3) is 0 Å². The van der Waals surface area contributed by atoms with Gasteiger partial charge in [0.15, 0.2) is 0 Å². The summed E-state index contributed by atoms with van der Waals surface area (Å²) < 4.78 is 0.854. The number of hydrogen-bond acceptors (Lipinski definition) is 2. The Morgan fingerprint density at radius 3 is 3.00 bits per heavy atom. The standard InChI is InChI=1S/C7H5IN2/c8-4-6-2-1-3-7(5-9)10-6/h1-3H,4H2. The molecule has 1 heterocycles. The average molecular weight is 244 g/mol. The quantitative estimate of drug-likeness (QED) is 0.558. The number of halogens is 1. The first-order chi connectivity index (χ1) is 4.86. The normalized spacial score (nSPS) is 8.80. The predicted molar refractivity (Wildman–Crippen MR) is 46.7 cm³/mol. The maximum atomic E-state index is 8.44. The molecule has 0 fully saturated rings. The van der Waals surface area contributed by atoms with Gasteiger partial charge in [0, 0.05) is 4.43 Å². The lowest BCUT2D eigenvalue weighted by Crippen LogP contribution is -1.86.